The van der Waals surface area contributed by atoms with Crippen LogP contribution in [0.1, 0.15) is 0 Å². The highest BCUT2D eigenvalue weighted by molar-refractivity contribution is 9.10. The fraction of sp³-hybridized carbons (Fsp3) is 0.444. The molecule has 1 aliphatic rings. The summed E-state index contributed by atoms with van der Waals surface area (Å²) in [4.78, 5) is 6.56. The van der Waals surface area contributed by atoms with Gasteiger partial charge in [-0.3, -0.25) is 0 Å². The van der Waals surface area contributed by atoms with E-state index < -0.39 is 0 Å². The van der Waals surface area contributed by atoms with Gasteiger partial charge in [0, 0.05) is 19.3 Å². The molecule has 1 fully saturated rings. The van der Waals surface area contributed by atoms with Crippen molar-refractivity contribution in [2.24, 2.45) is 0 Å². The van der Waals surface area contributed by atoms with E-state index in [9.17, 15) is 0 Å². The quantitative estimate of drug-likeness (QED) is 0.750. The Labute approximate surface area is 85.8 Å². The highest BCUT2D eigenvalue weighted by atomic mass is 79.9. The molecule has 3 nitrogen and oxygen atoms in total. The summed E-state index contributed by atoms with van der Waals surface area (Å²) in [6.45, 7) is 3.44. The smallest absolute Gasteiger partial charge is 0.143 e. The largest absolute Gasteiger partial charge is 0.378 e. The van der Waals surface area contributed by atoms with E-state index >= 15 is 0 Å². The van der Waals surface area contributed by atoms with Crippen LogP contribution in [-0.2, 0) is 4.74 Å². The summed E-state index contributed by atoms with van der Waals surface area (Å²) in [5, 5.41) is 0. The normalized spacial score (nSPS) is 17.5. The third-order valence-corrected chi connectivity index (χ3v) is 2.67. The van der Waals surface area contributed by atoms with Gasteiger partial charge in [-0.2, -0.15) is 0 Å². The third-order valence-electron chi connectivity index (χ3n) is 2.05. The third kappa shape index (κ3) is 2.00. The maximum absolute atomic E-state index is 5.28. The molecule has 0 unspecified atom stereocenters. The molecule has 4 heteroatoms. The molecule has 0 amide bonds. The van der Waals surface area contributed by atoms with E-state index in [0.29, 0.717) is 0 Å². The zero-order valence-corrected chi connectivity index (χ0v) is 8.83. The number of aromatic nitrogens is 1. The van der Waals surface area contributed by atoms with Crippen LogP contribution in [0.5, 0.6) is 0 Å². The van der Waals surface area contributed by atoms with Crippen LogP contribution in [0.3, 0.4) is 0 Å². The van der Waals surface area contributed by atoms with Gasteiger partial charge >= 0.3 is 0 Å². The Kier molecular flexibility index (Phi) is 2.80. The molecule has 0 aliphatic carbocycles. The van der Waals surface area contributed by atoms with Gasteiger partial charge in [0.15, 0.2) is 0 Å². The number of pyridine rings is 1. The van der Waals surface area contributed by atoms with Crippen LogP contribution in [0.25, 0.3) is 0 Å². The molecular weight excluding hydrogens is 232 g/mol. The van der Waals surface area contributed by atoms with Crippen molar-refractivity contribution >= 4 is 21.7 Å². The second kappa shape index (κ2) is 4.07. The lowest BCUT2D eigenvalue weighted by Gasteiger charge is -2.28. The van der Waals surface area contributed by atoms with E-state index in [1.807, 2.05) is 18.3 Å². The lowest BCUT2D eigenvalue weighted by atomic mass is 10.4. The molecule has 0 radical (unpaired) electrons. The Hall–Kier alpha value is -0.610. The van der Waals surface area contributed by atoms with Crippen molar-refractivity contribution in [1.29, 1.82) is 0 Å². The monoisotopic (exact) mass is 242 g/mol. The van der Waals surface area contributed by atoms with Crippen molar-refractivity contribution < 1.29 is 4.74 Å². The molecule has 1 aromatic rings. The first-order valence-electron chi connectivity index (χ1n) is 4.31. The van der Waals surface area contributed by atoms with Crippen LogP contribution in [0.4, 0.5) is 5.82 Å². The fourth-order valence-corrected chi connectivity index (χ4v) is 1.89. The van der Waals surface area contributed by atoms with E-state index in [0.717, 1.165) is 36.6 Å². The van der Waals surface area contributed by atoms with Gasteiger partial charge in [-0.05, 0) is 28.1 Å². The fourth-order valence-electron chi connectivity index (χ4n) is 1.39. The highest BCUT2D eigenvalue weighted by Gasteiger charge is 2.13. The summed E-state index contributed by atoms with van der Waals surface area (Å²) in [6, 6.07) is 3.94. The first-order chi connectivity index (χ1) is 6.38. The molecule has 0 bridgehead atoms. The van der Waals surface area contributed by atoms with Crippen LogP contribution in [0, 0.1) is 0 Å². The zero-order valence-electron chi connectivity index (χ0n) is 7.24. The summed E-state index contributed by atoms with van der Waals surface area (Å²) in [5.74, 6) is 1.02. The molecule has 1 aromatic heterocycles. The molecule has 0 N–H and O–H groups in total. The minimum absolute atomic E-state index is 0.795. The number of ether oxygens (including phenoxy) is 1. The average Bonchev–Trinajstić information content (AvgIpc) is 2.20. The molecule has 70 valence electrons. The van der Waals surface area contributed by atoms with Gasteiger partial charge in [0.05, 0.1) is 17.7 Å². The maximum Gasteiger partial charge on any atom is 0.143 e. The van der Waals surface area contributed by atoms with E-state index in [1.54, 1.807) is 0 Å². The van der Waals surface area contributed by atoms with Gasteiger partial charge in [-0.25, -0.2) is 4.98 Å². The van der Waals surface area contributed by atoms with Crippen molar-refractivity contribution in [3.63, 3.8) is 0 Å². The van der Waals surface area contributed by atoms with Gasteiger partial charge in [0.1, 0.15) is 5.82 Å². The topological polar surface area (TPSA) is 25.4 Å². The zero-order chi connectivity index (χ0) is 9.10. The molecule has 0 spiro atoms. The molecule has 1 saturated heterocycles. The maximum atomic E-state index is 5.28. The van der Waals surface area contributed by atoms with Crippen molar-refractivity contribution in [3.8, 4) is 0 Å². The van der Waals surface area contributed by atoms with Gasteiger partial charge in [0.25, 0.3) is 0 Å². The second-order valence-electron chi connectivity index (χ2n) is 2.91. The Balaban J connectivity index is 2.18. The summed E-state index contributed by atoms with van der Waals surface area (Å²) < 4.78 is 6.33. The standard InChI is InChI=1S/C9H11BrN2O/c10-8-2-1-3-11-9(8)12-4-6-13-7-5-12/h1-3H,4-7H2. The SMILES string of the molecule is Brc1cccnc1N1CCOCC1. The second-order valence-corrected chi connectivity index (χ2v) is 3.76. The Bertz CT molecular complexity index is 287. The van der Waals surface area contributed by atoms with Gasteiger partial charge in [-0.15, -0.1) is 0 Å². The number of halogens is 1. The summed E-state index contributed by atoms with van der Waals surface area (Å²) in [7, 11) is 0. The number of nitrogens with zero attached hydrogens (tertiary/aromatic N) is 2. The van der Waals surface area contributed by atoms with E-state index in [-0.39, 0.29) is 0 Å². The number of hydrogen-bond donors (Lipinski definition) is 0. The average molecular weight is 243 g/mol. The molecule has 0 saturated carbocycles. The highest BCUT2D eigenvalue weighted by Crippen LogP contribution is 2.23. The summed E-state index contributed by atoms with van der Waals surface area (Å²) >= 11 is 3.49. The number of rotatable bonds is 1. The van der Waals surface area contributed by atoms with Gasteiger partial charge in [0.2, 0.25) is 0 Å². The predicted molar refractivity (Wildman–Crippen MR) is 55.0 cm³/mol. The number of anilines is 1. The first-order valence-corrected chi connectivity index (χ1v) is 5.10. The van der Waals surface area contributed by atoms with E-state index in [1.165, 1.54) is 0 Å². The molecule has 2 heterocycles. The minimum Gasteiger partial charge on any atom is -0.378 e. The molecule has 0 aromatic carbocycles. The molecule has 13 heavy (non-hydrogen) atoms. The van der Waals surface area contributed by atoms with Crippen LogP contribution in [0.2, 0.25) is 0 Å². The number of morpholine rings is 1. The van der Waals surface area contributed by atoms with Crippen LogP contribution in [0.15, 0.2) is 22.8 Å². The predicted octanol–water partition coefficient (Wildman–Crippen LogP) is 1.68. The van der Waals surface area contributed by atoms with E-state index in [4.69, 9.17) is 4.74 Å². The molecular formula is C9H11BrN2O. The van der Waals surface area contributed by atoms with Gasteiger partial charge < -0.3 is 9.64 Å². The minimum atomic E-state index is 0.795. The lowest BCUT2D eigenvalue weighted by Crippen LogP contribution is -2.36. The van der Waals surface area contributed by atoms with Crippen molar-refractivity contribution in [2.45, 2.75) is 0 Å². The van der Waals surface area contributed by atoms with Crippen molar-refractivity contribution in [3.05, 3.63) is 22.8 Å². The van der Waals surface area contributed by atoms with Crippen LogP contribution >= 0.6 is 15.9 Å². The van der Waals surface area contributed by atoms with Crippen LogP contribution in [-0.4, -0.2) is 31.3 Å². The Morgan fingerprint density at radius 1 is 1.38 bits per heavy atom. The molecule has 2 rings (SSSR count). The molecule has 0 atom stereocenters. The van der Waals surface area contributed by atoms with Crippen molar-refractivity contribution in [1.82, 2.24) is 4.98 Å². The Morgan fingerprint density at radius 3 is 2.85 bits per heavy atom. The molecule has 1 aliphatic heterocycles. The first kappa shape index (κ1) is 8.97. The number of hydrogen-bond acceptors (Lipinski definition) is 3. The summed E-state index contributed by atoms with van der Waals surface area (Å²) in [6.07, 6.45) is 1.82. The van der Waals surface area contributed by atoms with Crippen molar-refractivity contribution in [2.75, 3.05) is 31.2 Å². The van der Waals surface area contributed by atoms with Crippen LogP contribution < -0.4 is 4.90 Å². The van der Waals surface area contributed by atoms with Gasteiger partial charge in [-0.1, -0.05) is 0 Å². The lowest BCUT2D eigenvalue weighted by molar-refractivity contribution is 0.122. The van der Waals surface area contributed by atoms with E-state index in [2.05, 4.69) is 25.8 Å². The Morgan fingerprint density at radius 2 is 2.15 bits per heavy atom. The summed E-state index contributed by atoms with van der Waals surface area (Å²) in [5.41, 5.74) is 0.